The smallest absolute Gasteiger partial charge is 0.169 e. The summed E-state index contributed by atoms with van der Waals surface area (Å²) in [5.41, 5.74) is 0.304. The van der Waals surface area contributed by atoms with Crippen molar-refractivity contribution < 1.29 is 13.5 Å². The highest BCUT2D eigenvalue weighted by molar-refractivity contribution is 5.78. The van der Waals surface area contributed by atoms with Crippen LogP contribution in [0.25, 0.3) is 11.0 Å². The van der Waals surface area contributed by atoms with E-state index in [-0.39, 0.29) is 18.0 Å². The minimum absolute atomic E-state index is 0.0476. The summed E-state index contributed by atoms with van der Waals surface area (Å²) in [7, 11) is 1.65. The topological polar surface area (TPSA) is 34.4 Å². The molecule has 2 unspecified atom stereocenters. The molecule has 0 aliphatic heterocycles. The molecule has 0 spiro atoms. The number of fused-ring (bicyclic) bond motifs is 1. The number of nitrogens with one attached hydrogen (secondary N) is 1. The van der Waals surface area contributed by atoms with Gasteiger partial charge in [-0.1, -0.05) is 19.1 Å². The molecule has 2 aromatic rings. The fraction of sp³-hybridized carbons (Fsp3) is 0.429. The van der Waals surface area contributed by atoms with Crippen LogP contribution in [0.3, 0.4) is 0 Å². The summed E-state index contributed by atoms with van der Waals surface area (Å²) in [5.74, 6) is 0.366. The number of methoxy groups -OCH3 is 1. The Morgan fingerprint density at radius 1 is 1.44 bits per heavy atom. The summed E-state index contributed by atoms with van der Waals surface area (Å²) < 4.78 is 24.5. The van der Waals surface area contributed by atoms with Crippen molar-refractivity contribution in [3.63, 3.8) is 0 Å². The number of para-hydroxylation sites is 1. The van der Waals surface area contributed by atoms with E-state index in [1.807, 2.05) is 26.0 Å². The van der Waals surface area contributed by atoms with Gasteiger partial charge < -0.3 is 14.5 Å². The van der Waals surface area contributed by atoms with Gasteiger partial charge >= 0.3 is 0 Å². The minimum atomic E-state index is -0.334. The lowest BCUT2D eigenvalue weighted by molar-refractivity contribution is 0.0765. The van der Waals surface area contributed by atoms with Crippen LogP contribution in [0.2, 0.25) is 0 Å². The highest BCUT2D eigenvalue weighted by Gasteiger charge is 2.22. The van der Waals surface area contributed by atoms with Gasteiger partial charge in [0.1, 0.15) is 5.76 Å². The number of furan rings is 1. The third-order valence-electron chi connectivity index (χ3n) is 3.09. The van der Waals surface area contributed by atoms with Crippen LogP contribution < -0.4 is 5.32 Å². The summed E-state index contributed by atoms with van der Waals surface area (Å²) in [5, 5.41) is 4.06. The predicted octanol–water partition coefficient (Wildman–Crippen LogP) is 3.26. The monoisotopic (exact) mass is 251 g/mol. The van der Waals surface area contributed by atoms with Crippen molar-refractivity contribution >= 4 is 11.0 Å². The Bertz CT molecular complexity index is 523. The average Bonchev–Trinajstić information content (AvgIpc) is 2.80. The summed E-state index contributed by atoms with van der Waals surface area (Å²) >= 11 is 0. The Morgan fingerprint density at radius 2 is 2.22 bits per heavy atom. The Hall–Kier alpha value is -1.39. The van der Waals surface area contributed by atoms with Gasteiger partial charge in [0.15, 0.2) is 11.4 Å². The van der Waals surface area contributed by atoms with Gasteiger partial charge in [0.25, 0.3) is 0 Å². The molecule has 0 saturated carbocycles. The zero-order chi connectivity index (χ0) is 13.1. The molecule has 0 amide bonds. The molecule has 0 fully saturated rings. The lowest BCUT2D eigenvalue weighted by Crippen LogP contribution is -2.30. The molecule has 0 radical (unpaired) electrons. The van der Waals surface area contributed by atoms with Gasteiger partial charge in [-0.2, -0.15) is 0 Å². The molecule has 2 atom stereocenters. The van der Waals surface area contributed by atoms with Gasteiger partial charge in [-0.05, 0) is 25.6 Å². The van der Waals surface area contributed by atoms with Crippen LogP contribution in [0.15, 0.2) is 28.7 Å². The summed E-state index contributed by atoms with van der Waals surface area (Å²) in [4.78, 5) is 0. The van der Waals surface area contributed by atoms with Crippen LogP contribution in [0.4, 0.5) is 4.39 Å². The van der Waals surface area contributed by atoms with E-state index < -0.39 is 0 Å². The van der Waals surface area contributed by atoms with Gasteiger partial charge in [0.2, 0.25) is 0 Å². The first-order valence-corrected chi connectivity index (χ1v) is 6.11. The van der Waals surface area contributed by atoms with Crippen molar-refractivity contribution in [2.45, 2.75) is 26.0 Å². The summed E-state index contributed by atoms with van der Waals surface area (Å²) in [6.07, 6.45) is -0.0476. The first-order chi connectivity index (χ1) is 8.67. The molecule has 0 aliphatic carbocycles. The normalized spacial score (nSPS) is 14.9. The van der Waals surface area contributed by atoms with Gasteiger partial charge in [-0.15, -0.1) is 0 Å². The molecule has 3 nitrogen and oxygen atoms in total. The zero-order valence-electron chi connectivity index (χ0n) is 10.9. The van der Waals surface area contributed by atoms with Crippen LogP contribution in [-0.4, -0.2) is 19.8 Å². The Morgan fingerprint density at radius 3 is 2.83 bits per heavy atom. The molecule has 4 heteroatoms. The largest absolute Gasteiger partial charge is 0.456 e. The Kier molecular flexibility index (Phi) is 3.99. The first-order valence-electron chi connectivity index (χ1n) is 6.11. The molecular weight excluding hydrogens is 233 g/mol. The van der Waals surface area contributed by atoms with E-state index in [0.717, 1.165) is 11.9 Å². The molecule has 98 valence electrons. The SMILES string of the molecule is CCNC(c1cc2cccc(F)c2o1)C(C)OC. The molecule has 1 aromatic heterocycles. The number of benzene rings is 1. The number of hydrogen-bond acceptors (Lipinski definition) is 3. The number of halogens is 1. The maximum atomic E-state index is 13.6. The number of hydrogen-bond donors (Lipinski definition) is 1. The van der Waals surface area contributed by atoms with Crippen molar-refractivity contribution in [3.05, 3.63) is 35.8 Å². The van der Waals surface area contributed by atoms with Gasteiger partial charge in [-0.25, -0.2) is 4.39 Å². The molecule has 0 bridgehead atoms. The molecule has 0 saturated heterocycles. The lowest BCUT2D eigenvalue weighted by atomic mass is 10.1. The maximum Gasteiger partial charge on any atom is 0.169 e. The standard InChI is InChI=1S/C14H18FNO2/c1-4-16-13(9(2)17-3)12-8-10-6-5-7-11(15)14(10)18-12/h5-9,13,16H,4H2,1-3H3. The summed E-state index contributed by atoms with van der Waals surface area (Å²) in [6, 6.07) is 6.70. The molecule has 1 heterocycles. The zero-order valence-corrected chi connectivity index (χ0v) is 10.9. The minimum Gasteiger partial charge on any atom is -0.456 e. The third kappa shape index (κ3) is 2.40. The predicted molar refractivity (Wildman–Crippen MR) is 69.1 cm³/mol. The van der Waals surface area contributed by atoms with E-state index in [1.165, 1.54) is 6.07 Å². The van der Waals surface area contributed by atoms with E-state index in [0.29, 0.717) is 11.3 Å². The van der Waals surface area contributed by atoms with E-state index in [9.17, 15) is 4.39 Å². The molecule has 18 heavy (non-hydrogen) atoms. The first kappa shape index (κ1) is 13.1. The van der Waals surface area contributed by atoms with Gasteiger partial charge in [0, 0.05) is 12.5 Å². The summed E-state index contributed by atoms with van der Waals surface area (Å²) in [6.45, 7) is 4.76. The number of rotatable bonds is 5. The van der Waals surface area contributed by atoms with Crippen molar-refractivity contribution in [1.29, 1.82) is 0 Å². The Balaban J connectivity index is 2.41. The Labute approximate surface area is 106 Å². The van der Waals surface area contributed by atoms with Crippen LogP contribution in [0.1, 0.15) is 25.6 Å². The number of ether oxygens (including phenoxy) is 1. The highest BCUT2D eigenvalue weighted by Crippen LogP contribution is 2.28. The second-order valence-electron chi connectivity index (χ2n) is 4.28. The van der Waals surface area contributed by atoms with Gasteiger partial charge in [0.05, 0.1) is 12.1 Å². The van der Waals surface area contributed by atoms with Crippen molar-refractivity contribution in [2.75, 3.05) is 13.7 Å². The fourth-order valence-electron chi connectivity index (χ4n) is 2.05. The third-order valence-corrected chi connectivity index (χ3v) is 3.09. The molecule has 2 rings (SSSR count). The molecular formula is C14H18FNO2. The second-order valence-corrected chi connectivity index (χ2v) is 4.28. The molecule has 0 aliphatic rings. The highest BCUT2D eigenvalue weighted by atomic mass is 19.1. The molecule has 1 aromatic carbocycles. The average molecular weight is 251 g/mol. The number of likely N-dealkylation sites (N-methyl/N-ethyl adjacent to an activating group) is 1. The van der Waals surface area contributed by atoms with E-state index >= 15 is 0 Å². The second kappa shape index (κ2) is 5.50. The van der Waals surface area contributed by atoms with Crippen LogP contribution in [0, 0.1) is 5.82 Å². The van der Waals surface area contributed by atoms with Crippen molar-refractivity contribution in [3.8, 4) is 0 Å². The van der Waals surface area contributed by atoms with Crippen LogP contribution in [0.5, 0.6) is 0 Å². The lowest BCUT2D eigenvalue weighted by Gasteiger charge is -2.21. The quantitative estimate of drug-likeness (QED) is 0.885. The van der Waals surface area contributed by atoms with Crippen LogP contribution >= 0.6 is 0 Å². The van der Waals surface area contributed by atoms with E-state index in [4.69, 9.17) is 9.15 Å². The van der Waals surface area contributed by atoms with Crippen LogP contribution in [-0.2, 0) is 4.74 Å². The van der Waals surface area contributed by atoms with Gasteiger partial charge in [-0.3, -0.25) is 0 Å². The fourth-order valence-corrected chi connectivity index (χ4v) is 2.05. The van der Waals surface area contributed by atoms with E-state index in [1.54, 1.807) is 13.2 Å². The van der Waals surface area contributed by atoms with E-state index in [2.05, 4.69) is 5.32 Å². The van der Waals surface area contributed by atoms with Crippen molar-refractivity contribution in [1.82, 2.24) is 5.32 Å². The molecule has 1 N–H and O–H groups in total. The van der Waals surface area contributed by atoms with Crippen molar-refractivity contribution in [2.24, 2.45) is 0 Å². The maximum absolute atomic E-state index is 13.6.